The molecule has 2 saturated heterocycles. The lowest BCUT2D eigenvalue weighted by Crippen LogP contribution is -2.29. The fourth-order valence-corrected chi connectivity index (χ4v) is 3.52. The molecule has 0 aromatic carbocycles. The summed E-state index contributed by atoms with van der Waals surface area (Å²) in [7, 11) is 0. The van der Waals surface area contributed by atoms with Gasteiger partial charge in [0.15, 0.2) is 0 Å². The molecule has 3 nitrogen and oxygen atoms in total. The molecule has 3 heteroatoms. The van der Waals surface area contributed by atoms with Gasteiger partial charge in [0.2, 0.25) is 0 Å². The standard InChI is InChI=1S/C15H22O3/c1-9-5-4-8-15(3)13(18-15)12-11(7-6-9)10(2)14(16)17-12/h9,11-13H,2,4-8H2,1,3H3/t9-,11-,12-,13-,15+/m0/s1. The van der Waals surface area contributed by atoms with Crippen LogP contribution in [0.3, 0.4) is 0 Å². The van der Waals surface area contributed by atoms with E-state index in [0.717, 1.165) is 19.3 Å². The first-order chi connectivity index (χ1) is 8.51. The Morgan fingerprint density at radius 1 is 1.33 bits per heavy atom. The van der Waals surface area contributed by atoms with E-state index in [2.05, 4.69) is 20.4 Å². The van der Waals surface area contributed by atoms with Crippen molar-refractivity contribution < 1.29 is 14.3 Å². The van der Waals surface area contributed by atoms with Crippen molar-refractivity contribution in [3.8, 4) is 0 Å². The number of esters is 1. The molecular weight excluding hydrogens is 228 g/mol. The predicted molar refractivity (Wildman–Crippen MR) is 68.0 cm³/mol. The molecule has 0 N–H and O–H groups in total. The van der Waals surface area contributed by atoms with Gasteiger partial charge in [-0.1, -0.05) is 26.3 Å². The van der Waals surface area contributed by atoms with Crippen molar-refractivity contribution in [3.63, 3.8) is 0 Å². The van der Waals surface area contributed by atoms with Gasteiger partial charge in [0.1, 0.15) is 12.2 Å². The first-order valence-corrected chi connectivity index (χ1v) is 7.09. The lowest BCUT2D eigenvalue weighted by molar-refractivity contribution is -0.140. The second-order valence-corrected chi connectivity index (χ2v) is 6.43. The second-order valence-electron chi connectivity index (χ2n) is 6.43. The molecule has 1 aliphatic carbocycles. The Kier molecular flexibility index (Phi) is 2.77. The number of fused-ring (bicyclic) bond motifs is 3. The van der Waals surface area contributed by atoms with E-state index in [1.165, 1.54) is 12.8 Å². The van der Waals surface area contributed by atoms with Crippen LogP contribution in [-0.4, -0.2) is 23.8 Å². The van der Waals surface area contributed by atoms with Crippen LogP contribution in [0, 0.1) is 11.8 Å². The summed E-state index contributed by atoms with van der Waals surface area (Å²) in [5.41, 5.74) is 0.593. The molecule has 5 atom stereocenters. The quantitative estimate of drug-likeness (QED) is 0.377. The van der Waals surface area contributed by atoms with Crippen LogP contribution in [0.5, 0.6) is 0 Å². The third kappa shape index (κ3) is 1.89. The zero-order valence-electron chi connectivity index (χ0n) is 11.3. The van der Waals surface area contributed by atoms with E-state index < -0.39 is 0 Å². The smallest absolute Gasteiger partial charge is 0.334 e. The summed E-state index contributed by atoms with van der Waals surface area (Å²) >= 11 is 0. The first kappa shape index (κ1) is 12.2. The summed E-state index contributed by atoms with van der Waals surface area (Å²) in [5, 5.41) is 0. The van der Waals surface area contributed by atoms with Crippen molar-refractivity contribution in [2.75, 3.05) is 0 Å². The van der Waals surface area contributed by atoms with Crippen LogP contribution in [0.15, 0.2) is 12.2 Å². The molecule has 2 aliphatic heterocycles. The van der Waals surface area contributed by atoms with Crippen molar-refractivity contribution in [2.24, 2.45) is 11.8 Å². The monoisotopic (exact) mass is 250 g/mol. The first-order valence-electron chi connectivity index (χ1n) is 7.09. The van der Waals surface area contributed by atoms with Gasteiger partial charge in [0.05, 0.1) is 5.60 Å². The Balaban J connectivity index is 1.82. The summed E-state index contributed by atoms with van der Waals surface area (Å²) < 4.78 is 11.4. The van der Waals surface area contributed by atoms with E-state index in [0.29, 0.717) is 11.5 Å². The number of ether oxygens (including phenoxy) is 2. The summed E-state index contributed by atoms with van der Waals surface area (Å²) in [4.78, 5) is 11.7. The fourth-order valence-electron chi connectivity index (χ4n) is 3.52. The summed E-state index contributed by atoms with van der Waals surface area (Å²) in [6.45, 7) is 8.36. The number of rotatable bonds is 0. The molecule has 3 fully saturated rings. The van der Waals surface area contributed by atoms with Gasteiger partial charge in [-0.3, -0.25) is 0 Å². The van der Waals surface area contributed by atoms with Crippen LogP contribution >= 0.6 is 0 Å². The highest BCUT2D eigenvalue weighted by Crippen LogP contribution is 2.50. The van der Waals surface area contributed by atoms with Crippen LogP contribution in [0.4, 0.5) is 0 Å². The number of hydrogen-bond acceptors (Lipinski definition) is 3. The van der Waals surface area contributed by atoms with E-state index in [1.54, 1.807) is 0 Å². The Bertz CT molecular complexity index is 389. The molecule has 18 heavy (non-hydrogen) atoms. The number of hydrogen-bond donors (Lipinski definition) is 0. The highest BCUT2D eigenvalue weighted by Gasteiger charge is 2.61. The average molecular weight is 250 g/mol. The van der Waals surface area contributed by atoms with Crippen molar-refractivity contribution >= 4 is 5.97 Å². The molecule has 0 unspecified atom stereocenters. The molecule has 0 bridgehead atoms. The van der Waals surface area contributed by atoms with Gasteiger partial charge in [0.25, 0.3) is 0 Å². The van der Waals surface area contributed by atoms with Crippen molar-refractivity contribution in [1.82, 2.24) is 0 Å². The van der Waals surface area contributed by atoms with Crippen molar-refractivity contribution in [1.29, 1.82) is 0 Å². The largest absolute Gasteiger partial charge is 0.455 e. The topological polar surface area (TPSA) is 38.8 Å². The number of epoxide rings is 1. The van der Waals surface area contributed by atoms with Gasteiger partial charge in [-0.05, 0) is 32.1 Å². The molecule has 1 saturated carbocycles. The van der Waals surface area contributed by atoms with E-state index in [-0.39, 0.29) is 29.7 Å². The minimum Gasteiger partial charge on any atom is -0.455 e. The lowest BCUT2D eigenvalue weighted by atomic mass is 9.81. The molecule has 0 aromatic heterocycles. The molecule has 3 rings (SSSR count). The number of carbonyl (C=O) groups is 1. The second kappa shape index (κ2) is 4.09. The normalized spacial score (nSPS) is 48.1. The fraction of sp³-hybridized carbons (Fsp3) is 0.800. The summed E-state index contributed by atoms with van der Waals surface area (Å²) in [5.74, 6) is 0.674. The van der Waals surface area contributed by atoms with Crippen molar-refractivity contribution in [2.45, 2.75) is 63.8 Å². The molecule has 2 heterocycles. The molecule has 0 radical (unpaired) electrons. The Morgan fingerprint density at radius 3 is 2.89 bits per heavy atom. The zero-order valence-corrected chi connectivity index (χ0v) is 11.3. The van der Waals surface area contributed by atoms with Gasteiger partial charge in [-0.2, -0.15) is 0 Å². The van der Waals surface area contributed by atoms with E-state index in [9.17, 15) is 4.79 Å². The van der Waals surface area contributed by atoms with Gasteiger partial charge in [-0.15, -0.1) is 0 Å². The van der Waals surface area contributed by atoms with Gasteiger partial charge >= 0.3 is 5.97 Å². The van der Waals surface area contributed by atoms with Crippen LogP contribution in [-0.2, 0) is 14.3 Å². The molecular formula is C15H22O3. The maximum atomic E-state index is 11.7. The van der Waals surface area contributed by atoms with E-state index in [4.69, 9.17) is 9.47 Å². The molecule has 0 spiro atoms. The highest BCUT2D eigenvalue weighted by atomic mass is 16.6. The van der Waals surface area contributed by atoms with Gasteiger partial charge in [0, 0.05) is 11.5 Å². The summed E-state index contributed by atoms with van der Waals surface area (Å²) in [6.07, 6.45) is 5.71. The molecule has 3 aliphatic rings. The third-order valence-electron chi connectivity index (χ3n) is 4.93. The Morgan fingerprint density at radius 2 is 2.11 bits per heavy atom. The summed E-state index contributed by atoms with van der Waals surface area (Å²) in [6, 6.07) is 0. The molecule has 100 valence electrons. The van der Waals surface area contributed by atoms with Gasteiger partial charge < -0.3 is 9.47 Å². The van der Waals surface area contributed by atoms with Crippen LogP contribution < -0.4 is 0 Å². The van der Waals surface area contributed by atoms with Crippen molar-refractivity contribution in [3.05, 3.63) is 12.2 Å². The third-order valence-corrected chi connectivity index (χ3v) is 4.93. The molecule has 0 amide bonds. The van der Waals surface area contributed by atoms with Gasteiger partial charge in [-0.25, -0.2) is 4.79 Å². The minimum atomic E-state index is -0.213. The molecule has 0 aromatic rings. The van der Waals surface area contributed by atoms with Crippen LogP contribution in [0.1, 0.15) is 46.0 Å². The number of carbonyl (C=O) groups excluding carboxylic acids is 1. The maximum Gasteiger partial charge on any atom is 0.334 e. The van der Waals surface area contributed by atoms with E-state index in [1.807, 2.05) is 0 Å². The van der Waals surface area contributed by atoms with Crippen LogP contribution in [0.2, 0.25) is 0 Å². The SMILES string of the molecule is C=C1C(=O)O[C@H]2[C@H]1CC[C@@H](C)CCC[C@@]1(C)O[C@@H]21. The average Bonchev–Trinajstić information content (AvgIpc) is 2.90. The predicted octanol–water partition coefficient (Wildman–Crippen LogP) is 2.84. The van der Waals surface area contributed by atoms with E-state index >= 15 is 0 Å². The van der Waals surface area contributed by atoms with Crippen LogP contribution in [0.25, 0.3) is 0 Å². The minimum absolute atomic E-state index is 0.0646. The highest BCUT2D eigenvalue weighted by molar-refractivity contribution is 5.90. The maximum absolute atomic E-state index is 11.7. The zero-order chi connectivity index (χ0) is 12.9. The lowest BCUT2D eigenvalue weighted by Gasteiger charge is -2.21. The Labute approximate surface area is 109 Å². The Hall–Kier alpha value is -0.830.